The number of allylic oxidation sites excluding steroid dienone is 8. The zero-order valence-corrected chi connectivity index (χ0v) is 35.1. The number of benzene rings is 1. The van der Waals surface area contributed by atoms with Gasteiger partial charge in [-0.25, -0.2) is 9.59 Å². The maximum absolute atomic E-state index is 13.2. The normalized spacial score (nSPS) is 27.4. The molecule has 346 valence electrons. The summed E-state index contributed by atoms with van der Waals surface area (Å²) < 4.78 is 28.2. The van der Waals surface area contributed by atoms with E-state index in [1.54, 1.807) is 30.4 Å². The van der Waals surface area contributed by atoms with Crippen LogP contribution in [0.3, 0.4) is 0 Å². The number of aliphatic hydroxyl groups is 8. The number of carbonyl (C=O) groups excluding carboxylic acids is 2. The number of esters is 2. The van der Waals surface area contributed by atoms with E-state index < -0.39 is 117 Å². The molecule has 0 aliphatic carbocycles. The zero-order valence-electron chi connectivity index (χ0n) is 35.1. The minimum Gasteiger partial charge on any atom is -0.508 e. The van der Waals surface area contributed by atoms with Crippen molar-refractivity contribution in [3.05, 3.63) is 96.2 Å². The smallest absolute Gasteiger partial charge is 0.331 e. The molecule has 1 aromatic rings. The summed E-state index contributed by atoms with van der Waals surface area (Å²) in [6, 6.07) is 2.04. The van der Waals surface area contributed by atoms with E-state index >= 15 is 0 Å². The molecule has 3 rings (SSSR count). The van der Waals surface area contributed by atoms with Gasteiger partial charge in [-0.3, -0.25) is 0 Å². The van der Waals surface area contributed by atoms with Crippen molar-refractivity contribution in [3.63, 3.8) is 0 Å². The van der Waals surface area contributed by atoms with Crippen LogP contribution in [0.4, 0.5) is 0 Å². The lowest BCUT2D eigenvalue weighted by Gasteiger charge is -2.44. The molecule has 0 radical (unpaired) electrons. The molecule has 4 unspecified atom stereocenters. The van der Waals surface area contributed by atoms with E-state index in [0.29, 0.717) is 19.3 Å². The Morgan fingerprint density at radius 1 is 0.806 bits per heavy atom. The van der Waals surface area contributed by atoms with E-state index in [4.69, 9.17) is 23.7 Å². The van der Waals surface area contributed by atoms with Crippen molar-refractivity contribution in [1.82, 2.24) is 0 Å². The van der Waals surface area contributed by atoms with E-state index in [0.717, 1.165) is 50.0 Å². The summed E-state index contributed by atoms with van der Waals surface area (Å²) in [7, 11) is 0. The molecule has 2 aliphatic heterocycles. The van der Waals surface area contributed by atoms with Gasteiger partial charge in [0.15, 0.2) is 12.4 Å². The molecular formula is C45H64O17. The van der Waals surface area contributed by atoms with Gasteiger partial charge in [-0.1, -0.05) is 87.4 Å². The van der Waals surface area contributed by atoms with Crippen molar-refractivity contribution in [2.75, 3.05) is 13.2 Å². The molecular weight excluding hydrogens is 812 g/mol. The van der Waals surface area contributed by atoms with Gasteiger partial charge in [-0.2, -0.15) is 0 Å². The van der Waals surface area contributed by atoms with E-state index in [2.05, 4.69) is 6.92 Å². The van der Waals surface area contributed by atoms with Gasteiger partial charge < -0.3 is 74.7 Å². The molecule has 2 aliphatic rings. The summed E-state index contributed by atoms with van der Waals surface area (Å²) in [5.74, 6) is -2.88. The van der Waals surface area contributed by atoms with E-state index in [-0.39, 0.29) is 17.5 Å². The Labute approximate surface area is 361 Å². The summed E-state index contributed by atoms with van der Waals surface area (Å²) >= 11 is 0. The first-order valence-corrected chi connectivity index (χ1v) is 20.9. The molecule has 12 atom stereocenters. The number of rotatable bonds is 25. The number of unbranched alkanes of at least 4 members (excludes halogenated alkanes) is 3. The van der Waals surface area contributed by atoms with Crippen LogP contribution in [0.1, 0.15) is 82.4 Å². The first-order chi connectivity index (χ1) is 29.8. The van der Waals surface area contributed by atoms with E-state index in [9.17, 15) is 60.7 Å². The first kappa shape index (κ1) is 52.1. The fourth-order valence-electron chi connectivity index (χ4n) is 6.68. The first-order valence-electron chi connectivity index (χ1n) is 20.9. The average Bonchev–Trinajstić information content (AvgIpc) is 3.53. The van der Waals surface area contributed by atoms with Gasteiger partial charge in [0, 0.05) is 23.8 Å². The molecule has 0 aromatic heterocycles. The summed E-state index contributed by atoms with van der Waals surface area (Å²) in [6.07, 6.45) is 6.51. The van der Waals surface area contributed by atoms with Crippen LogP contribution in [0, 0.1) is 0 Å². The lowest BCUT2D eigenvalue weighted by atomic mass is 9.88. The molecule has 10 N–H and O–H groups in total. The molecule has 0 amide bonds. The van der Waals surface area contributed by atoms with Crippen molar-refractivity contribution in [2.24, 2.45) is 0 Å². The number of phenolic OH excluding ortho intramolecular Hbond substituents is 2. The average molecular weight is 877 g/mol. The van der Waals surface area contributed by atoms with Crippen LogP contribution in [0.5, 0.6) is 11.5 Å². The predicted molar refractivity (Wildman–Crippen MR) is 224 cm³/mol. The van der Waals surface area contributed by atoms with Crippen LogP contribution in [0.15, 0.2) is 85.0 Å². The monoisotopic (exact) mass is 876 g/mol. The van der Waals surface area contributed by atoms with Gasteiger partial charge in [-0.15, -0.1) is 0 Å². The van der Waals surface area contributed by atoms with Crippen molar-refractivity contribution in [1.29, 1.82) is 0 Å². The summed E-state index contributed by atoms with van der Waals surface area (Å²) in [5.41, 5.74) is -0.264. The Morgan fingerprint density at radius 3 is 2.19 bits per heavy atom. The van der Waals surface area contributed by atoms with Gasteiger partial charge in [0.1, 0.15) is 66.9 Å². The summed E-state index contributed by atoms with van der Waals surface area (Å²) in [6.45, 7) is 1.73. The molecule has 2 fully saturated rings. The fourth-order valence-corrected chi connectivity index (χ4v) is 6.68. The molecule has 1 aromatic carbocycles. The van der Waals surface area contributed by atoms with Gasteiger partial charge in [-0.05, 0) is 50.2 Å². The highest BCUT2D eigenvalue weighted by molar-refractivity contribution is 5.82. The Balaban J connectivity index is 1.74. The van der Waals surface area contributed by atoms with Gasteiger partial charge >= 0.3 is 11.9 Å². The molecule has 2 heterocycles. The zero-order chi connectivity index (χ0) is 45.6. The molecule has 0 bridgehead atoms. The Morgan fingerprint density at radius 2 is 1.50 bits per heavy atom. The molecule has 17 nitrogen and oxygen atoms in total. The Bertz CT molecular complexity index is 1690. The second-order valence-electron chi connectivity index (χ2n) is 14.9. The number of ether oxygens (including phenoxy) is 5. The lowest BCUT2D eigenvalue weighted by molar-refractivity contribution is -0.294. The number of aliphatic hydroxyl groups excluding tert-OH is 8. The largest absolute Gasteiger partial charge is 0.508 e. The molecule has 0 saturated carbocycles. The quantitative estimate of drug-likeness (QED) is 0.0292. The SMILES string of the molecule is CCCCC/C=C/C=C/C(O)C/C=C/C=C/C(=O)OC1[C@@H](O)[C@H](c2c(O)cc(O)cc2CO)O[C@H](CO)[C@H]1O[C@@H]1O[C@@H](C(O)COC(=O)/C=C/C=C\CCC(O)CC)[C@H](O)[C@H]1O. The number of hydrogen-bond acceptors (Lipinski definition) is 17. The molecule has 62 heavy (non-hydrogen) atoms. The lowest BCUT2D eigenvalue weighted by Crippen LogP contribution is -2.59. The van der Waals surface area contributed by atoms with Crippen molar-refractivity contribution >= 4 is 11.9 Å². The second-order valence-corrected chi connectivity index (χ2v) is 14.9. The van der Waals surface area contributed by atoms with Crippen molar-refractivity contribution in [2.45, 2.75) is 145 Å². The Hall–Kier alpha value is -4.24. The molecule has 2 saturated heterocycles. The third kappa shape index (κ3) is 16.5. The van der Waals surface area contributed by atoms with Gasteiger partial charge in [0.05, 0.1) is 25.4 Å². The highest BCUT2D eigenvalue weighted by Gasteiger charge is 2.54. The van der Waals surface area contributed by atoms with Gasteiger partial charge in [0.2, 0.25) is 0 Å². The molecule has 0 spiro atoms. The highest BCUT2D eigenvalue weighted by Crippen LogP contribution is 2.42. The van der Waals surface area contributed by atoms with Crippen LogP contribution < -0.4 is 0 Å². The third-order valence-electron chi connectivity index (χ3n) is 10.1. The molecule has 17 heteroatoms. The fraction of sp³-hybridized carbons (Fsp3) is 0.556. The van der Waals surface area contributed by atoms with Crippen LogP contribution in [-0.2, 0) is 39.9 Å². The maximum atomic E-state index is 13.2. The maximum Gasteiger partial charge on any atom is 0.331 e. The summed E-state index contributed by atoms with van der Waals surface area (Å²) in [5, 5.41) is 105. The van der Waals surface area contributed by atoms with E-state index in [1.165, 1.54) is 18.2 Å². The standard InChI is InChI=1S/C45H64O17/c1-3-5-6-7-8-9-14-19-30(49)20-15-12-17-22-36(54)60-44-40(57)43(37-28(25-46)23-31(50)24-32(37)51)59-34(26-47)42(44)62-45-39(56)38(55)41(61-45)33(52)27-58-35(53)21-16-11-10-13-18-29(48)4-2/h8-12,14-17,19,21-24,29-30,33-34,38-52,55-57H,3-7,13,18,20,25-27H2,1-2H3/b9-8+,11-10-,15-12+,19-14+,21-16+,22-17+/t29?,30?,33?,34-,38-,39-,40+,41+,42-,43+,44?,45+/m1/s1. The second kappa shape index (κ2) is 27.7. The van der Waals surface area contributed by atoms with Crippen LogP contribution >= 0.6 is 0 Å². The van der Waals surface area contributed by atoms with Crippen molar-refractivity contribution in [3.8, 4) is 11.5 Å². The van der Waals surface area contributed by atoms with Crippen LogP contribution in [0.2, 0.25) is 0 Å². The third-order valence-corrected chi connectivity index (χ3v) is 10.1. The van der Waals surface area contributed by atoms with Crippen LogP contribution in [-0.4, -0.2) is 144 Å². The number of hydrogen-bond donors (Lipinski definition) is 10. The number of phenols is 2. The van der Waals surface area contributed by atoms with E-state index in [1.807, 2.05) is 19.1 Å². The minimum atomic E-state index is -1.91. The van der Waals surface area contributed by atoms with Gasteiger partial charge in [0.25, 0.3) is 0 Å². The van der Waals surface area contributed by atoms with Crippen LogP contribution in [0.25, 0.3) is 0 Å². The Kier molecular flexibility index (Phi) is 23.3. The predicted octanol–water partition coefficient (Wildman–Crippen LogP) is 2.25. The summed E-state index contributed by atoms with van der Waals surface area (Å²) in [4.78, 5) is 25.4. The number of carbonyl (C=O) groups is 2. The minimum absolute atomic E-state index is 0.0666. The topological polar surface area (TPSA) is 283 Å². The number of aromatic hydroxyl groups is 2. The van der Waals surface area contributed by atoms with Crippen molar-refractivity contribution < 1.29 is 84.3 Å². The highest BCUT2D eigenvalue weighted by atomic mass is 16.7.